The van der Waals surface area contributed by atoms with Gasteiger partial charge < -0.3 is 0 Å². The molecule has 0 saturated heterocycles. The monoisotopic (exact) mass is 380 g/mol. The van der Waals surface area contributed by atoms with Gasteiger partial charge in [0.15, 0.2) is 23.3 Å². The molecule has 2 aromatic carbocycles. The van der Waals surface area contributed by atoms with Crippen LogP contribution in [-0.2, 0) is 6.42 Å². The number of halogens is 5. The molecule has 0 amide bonds. The van der Waals surface area contributed by atoms with E-state index < -0.39 is 40.6 Å². The highest BCUT2D eigenvalue weighted by Gasteiger charge is 2.30. The Hall–Kier alpha value is -3.03. The Kier molecular flexibility index (Phi) is 4.82. The van der Waals surface area contributed by atoms with Gasteiger partial charge in [-0.2, -0.15) is 0 Å². The number of carbonyl (C=O) groups excluding carboxylic acids is 1. The maximum atomic E-state index is 13.8. The number of aryl methyl sites for hydroxylation is 1. The van der Waals surface area contributed by atoms with Crippen molar-refractivity contribution in [2.45, 2.75) is 20.3 Å². The van der Waals surface area contributed by atoms with Crippen molar-refractivity contribution in [2.24, 2.45) is 0 Å². The normalized spacial score (nSPS) is 11.1. The molecule has 27 heavy (non-hydrogen) atoms. The molecule has 140 valence electrons. The van der Waals surface area contributed by atoms with Crippen molar-refractivity contribution in [1.82, 2.24) is 9.55 Å². The average molecular weight is 380 g/mol. The Morgan fingerprint density at radius 2 is 1.56 bits per heavy atom. The lowest BCUT2D eigenvalue weighted by Crippen LogP contribution is -2.18. The molecule has 1 aromatic heterocycles. The molecule has 8 heteroatoms. The third kappa shape index (κ3) is 3.22. The van der Waals surface area contributed by atoms with E-state index in [9.17, 15) is 26.7 Å². The molecule has 0 bridgehead atoms. The van der Waals surface area contributed by atoms with E-state index in [1.165, 1.54) is 6.20 Å². The van der Waals surface area contributed by atoms with Crippen LogP contribution in [0.2, 0.25) is 0 Å². The predicted octanol–water partition coefficient (Wildman–Crippen LogP) is 4.47. The van der Waals surface area contributed by atoms with Gasteiger partial charge in [-0.15, -0.1) is 0 Å². The highest BCUT2D eigenvalue weighted by Crippen LogP contribution is 2.24. The van der Waals surface area contributed by atoms with Crippen molar-refractivity contribution in [3.63, 3.8) is 0 Å². The molecule has 0 atom stereocenters. The number of aromatic nitrogens is 2. The number of nitrogens with zero attached hydrogens (tertiary/aromatic N) is 2. The first-order chi connectivity index (χ1) is 12.7. The fraction of sp³-hybridized carbons (Fsp3) is 0.158. The number of benzene rings is 2. The van der Waals surface area contributed by atoms with Crippen molar-refractivity contribution < 1.29 is 26.7 Å². The second-order valence-electron chi connectivity index (χ2n) is 6.06. The first kappa shape index (κ1) is 18.8. The molecule has 3 nitrogen and oxygen atoms in total. The first-order valence-electron chi connectivity index (χ1n) is 7.86. The highest BCUT2D eigenvalue weighted by molar-refractivity contribution is 5.96. The Bertz CT molecular complexity index is 1030. The zero-order valence-corrected chi connectivity index (χ0v) is 14.3. The average Bonchev–Trinajstić information content (AvgIpc) is 3.11. The number of imidazole rings is 1. The summed E-state index contributed by atoms with van der Waals surface area (Å²) in [6.45, 7) is 3.85. The van der Waals surface area contributed by atoms with Crippen molar-refractivity contribution in [2.75, 3.05) is 0 Å². The van der Waals surface area contributed by atoms with E-state index >= 15 is 0 Å². The van der Waals surface area contributed by atoms with Gasteiger partial charge in [0.05, 0.1) is 5.69 Å². The molecule has 0 aliphatic rings. The zero-order valence-electron chi connectivity index (χ0n) is 14.3. The van der Waals surface area contributed by atoms with E-state index in [4.69, 9.17) is 0 Å². The molecule has 0 spiro atoms. The van der Waals surface area contributed by atoms with Crippen molar-refractivity contribution in [1.29, 1.82) is 0 Å². The second-order valence-corrected chi connectivity index (χ2v) is 6.06. The molecular weight excluding hydrogens is 367 g/mol. The summed E-state index contributed by atoms with van der Waals surface area (Å²) in [6, 6.07) is 5.66. The SMILES string of the molecule is Cc1cccc(Cc2cn(C(=O)c3c(F)c(F)c(F)c(F)c3F)cn2)c1C. The summed E-state index contributed by atoms with van der Waals surface area (Å²) in [7, 11) is 0. The van der Waals surface area contributed by atoms with Gasteiger partial charge in [-0.05, 0) is 30.5 Å². The number of hydrogen-bond acceptors (Lipinski definition) is 2. The zero-order chi connectivity index (χ0) is 19.9. The van der Waals surface area contributed by atoms with E-state index in [-0.39, 0.29) is 0 Å². The molecule has 0 fully saturated rings. The van der Waals surface area contributed by atoms with Crippen LogP contribution in [0.3, 0.4) is 0 Å². The lowest BCUT2D eigenvalue weighted by atomic mass is 10.00. The largest absolute Gasteiger partial charge is 0.272 e. The summed E-state index contributed by atoms with van der Waals surface area (Å²) < 4.78 is 68.1. The number of carbonyl (C=O) groups is 1. The molecule has 1 heterocycles. The molecular formula is C19H13F5N2O. The third-order valence-electron chi connectivity index (χ3n) is 4.38. The van der Waals surface area contributed by atoms with Crippen LogP contribution < -0.4 is 0 Å². The highest BCUT2D eigenvalue weighted by atomic mass is 19.2. The van der Waals surface area contributed by atoms with Gasteiger partial charge in [-0.1, -0.05) is 18.2 Å². The van der Waals surface area contributed by atoms with E-state index in [1.807, 2.05) is 32.0 Å². The summed E-state index contributed by atoms with van der Waals surface area (Å²) in [5, 5.41) is 0. The van der Waals surface area contributed by atoms with Crippen LogP contribution in [0.1, 0.15) is 32.7 Å². The molecule has 0 aliphatic carbocycles. The molecule has 0 unspecified atom stereocenters. The summed E-state index contributed by atoms with van der Waals surface area (Å²) in [6.07, 6.45) is 2.51. The Morgan fingerprint density at radius 3 is 2.19 bits per heavy atom. The van der Waals surface area contributed by atoms with Crippen molar-refractivity contribution in [3.8, 4) is 0 Å². The van der Waals surface area contributed by atoms with Crippen LogP contribution in [0, 0.1) is 42.9 Å². The summed E-state index contributed by atoms with van der Waals surface area (Å²) in [5.74, 6) is -12.4. The van der Waals surface area contributed by atoms with Crippen molar-refractivity contribution >= 4 is 5.91 Å². The molecule has 0 saturated carbocycles. The van der Waals surface area contributed by atoms with Crippen LogP contribution in [0.5, 0.6) is 0 Å². The first-order valence-corrected chi connectivity index (χ1v) is 7.86. The van der Waals surface area contributed by atoms with Gasteiger partial charge in [0.25, 0.3) is 5.91 Å². The van der Waals surface area contributed by atoms with Gasteiger partial charge in [-0.25, -0.2) is 26.9 Å². The Labute approximate surface area is 151 Å². The van der Waals surface area contributed by atoms with Gasteiger partial charge in [0, 0.05) is 12.6 Å². The van der Waals surface area contributed by atoms with Gasteiger partial charge in [0.1, 0.15) is 11.9 Å². The van der Waals surface area contributed by atoms with Crippen LogP contribution >= 0.6 is 0 Å². The summed E-state index contributed by atoms with van der Waals surface area (Å²) in [5.41, 5.74) is 1.90. The standard InChI is InChI=1S/C19H13F5N2O/c1-9-4-3-5-11(10(9)2)6-12-7-26(8-25-12)19(27)13-14(20)16(22)18(24)17(23)15(13)21/h3-5,7-8H,6H2,1-2H3. The third-order valence-corrected chi connectivity index (χ3v) is 4.38. The van der Waals surface area contributed by atoms with Crippen LogP contribution in [0.15, 0.2) is 30.7 Å². The van der Waals surface area contributed by atoms with Gasteiger partial charge in [-0.3, -0.25) is 9.36 Å². The molecule has 3 rings (SSSR count). The minimum absolute atomic E-state index is 0.338. The Morgan fingerprint density at radius 1 is 0.963 bits per heavy atom. The quantitative estimate of drug-likeness (QED) is 0.382. The summed E-state index contributed by atoms with van der Waals surface area (Å²) in [4.78, 5) is 16.3. The maximum Gasteiger partial charge on any atom is 0.269 e. The maximum absolute atomic E-state index is 13.8. The van der Waals surface area contributed by atoms with E-state index in [0.29, 0.717) is 16.7 Å². The minimum Gasteiger partial charge on any atom is -0.272 e. The lowest BCUT2D eigenvalue weighted by Gasteiger charge is -2.08. The van der Waals surface area contributed by atoms with Crippen LogP contribution in [-0.4, -0.2) is 15.5 Å². The summed E-state index contributed by atoms with van der Waals surface area (Å²) >= 11 is 0. The van der Waals surface area contributed by atoms with Crippen LogP contribution in [0.4, 0.5) is 22.0 Å². The Balaban J connectivity index is 1.96. The minimum atomic E-state index is -2.32. The van der Waals surface area contributed by atoms with E-state index in [0.717, 1.165) is 23.0 Å². The van der Waals surface area contributed by atoms with E-state index in [2.05, 4.69) is 4.98 Å². The predicted molar refractivity (Wildman–Crippen MR) is 86.9 cm³/mol. The fourth-order valence-corrected chi connectivity index (χ4v) is 2.69. The van der Waals surface area contributed by atoms with Crippen LogP contribution in [0.25, 0.3) is 0 Å². The lowest BCUT2D eigenvalue weighted by molar-refractivity contribution is 0.0948. The number of rotatable bonds is 3. The second kappa shape index (κ2) is 6.94. The molecule has 3 aromatic rings. The van der Waals surface area contributed by atoms with Gasteiger partial charge in [0.2, 0.25) is 5.82 Å². The molecule has 0 aliphatic heterocycles. The van der Waals surface area contributed by atoms with Crippen molar-refractivity contribution in [3.05, 3.63) is 87.8 Å². The number of hydrogen-bond donors (Lipinski definition) is 0. The van der Waals surface area contributed by atoms with Gasteiger partial charge >= 0.3 is 0 Å². The van der Waals surface area contributed by atoms with E-state index in [1.54, 1.807) is 0 Å². The topological polar surface area (TPSA) is 34.9 Å². The molecule has 0 radical (unpaired) electrons. The smallest absolute Gasteiger partial charge is 0.269 e. The molecule has 0 N–H and O–H groups in total. The fourth-order valence-electron chi connectivity index (χ4n) is 2.69.